The number of nitrogens with two attached hydrogens (primary N) is 1. The summed E-state index contributed by atoms with van der Waals surface area (Å²) in [6.45, 7) is 0. The minimum atomic E-state index is -0.400. The van der Waals surface area contributed by atoms with Crippen molar-refractivity contribution in [2.75, 3.05) is 7.11 Å². The van der Waals surface area contributed by atoms with Crippen LogP contribution in [0.2, 0.25) is 0 Å². The van der Waals surface area contributed by atoms with Gasteiger partial charge in [0.1, 0.15) is 0 Å². The highest BCUT2D eigenvalue weighted by Gasteiger charge is 2.23. The number of rotatable bonds is 4. The summed E-state index contributed by atoms with van der Waals surface area (Å²) >= 11 is 0. The van der Waals surface area contributed by atoms with Gasteiger partial charge >= 0.3 is 5.69 Å². The Morgan fingerprint density at radius 2 is 2.16 bits per heavy atom. The third kappa shape index (κ3) is 3.23. The number of hydrogen-bond donors (Lipinski definition) is 1. The molecule has 2 N–H and O–H groups in total. The first-order valence-electron chi connectivity index (χ1n) is 6.68. The predicted octanol–water partition coefficient (Wildman–Crippen LogP) is 2.66. The second kappa shape index (κ2) is 6.02. The van der Waals surface area contributed by atoms with Crippen molar-refractivity contribution in [3.05, 3.63) is 33.9 Å². The van der Waals surface area contributed by atoms with Gasteiger partial charge in [-0.05, 0) is 36.8 Å². The van der Waals surface area contributed by atoms with E-state index in [2.05, 4.69) is 0 Å². The predicted molar refractivity (Wildman–Crippen MR) is 73.3 cm³/mol. The van der Waals surface area contributed by atoms with Crippen molar-refractivity contribution in [3.8, 4) is 5.75 Å². The van der Waals surface area contributed by atoms with Gasteiger partial charge in [0, 0.05) is 12.1 Å². The fraction of sp³-hybridized carbons (Fsp3) is 0.571. The molecule has 0 bridgehead atoms. The molecule has 0 aliphatic heterocycles. The minimum Gasteiger partial charge on any atom is -0.490 e. The molecule has 1 fully saturated rings. The van der Waals surface area contributed by atoms with Crippen LogP contribution in [0.15, 0.2) is 18.2 Å². The molecule has 0 amide bonds. The van der Waals surface area contributed by atoms with Crippen LogP contribution in [-0.2, 0) is 6.42 Å². The van der Waals surface area contributed by atoms with Crippen LogP contribution >= 0.6 is 0 Å². The monoisotopic (exact) mass is 264 g/mol. The third-order valence-corrected chi connectivity index (χ3v) is 3.91. The maximum atomic E-state index is 11.0. The lowest BCUT2D eigenvalue weighted by molar-refractivity contribution is -0.385. The number of nitrogens with zero attached hydrogens (tertiary/aromatic N) is 1. The van der Waals surface area contributed by atoms with Crippen LogP contribution < -0.4 is 10.5 Å². The molecule has 1 saturated carbocycles. The summed E-state index contributed by atoms with van der Waals surface area (Å²) in [5.74, 6) is 0.739. The topological polar surface area (TPSA) is 78.4 Å². The highest BCUT2D eigenvalue weighted by atomic mass is 16.6. The molecule has 1 aromatic rings. The van der Waals surface area contributed by atoms with Gasteiger partial charge in [-0.15, -0.1) is 0 Å². The maximum absolute atomic E-state index is 11.0. The lowest BCUT2D eigenvalue weighted by atomic mass is 9.81. The van der Waals surface area contributed by atoms with E-state index in [4.69, 9.17) is 10.5 Å². The van der Waals surface area contributed by atoms with E-state index in [-0.39, 0.29) is 11.7 Å². The fourth-order valence-electron chi connectivity index (χ4n) is 2.80. The third-order valence-electron chi connectivity index (χ3n) is 3.91. The lowest BCUT2D eigenvalue weighted by Gasteiger charge is -2.28. The quantitative estimate of drug-likeness (QED) is 0.669. The molecule has 0 radical (unpaired) electrons. The van der Waals surface area contributed by atoms with Gasteiger partial charge < -0.3 is 10.5 Å². The molecule has 5 heteroatoms. The van der Waals surface area contributed by atoms with Crippen LogP contribution in [0.3, 0.4) is 0 Å². The van der Waals surface area contributed by atoms with Crippen LogP contribution in [0.1, 0.15) is 31.2 Å². The number of methoxy groups -OCH3 is 1. The summed E-state index contributed by atoms with van der Waals surface area (Å²) in [5.41, 5.74) is 7.12. The Morgan fingerprint density at radius 1 is 1.42 bits per heavy atom. The number of ether oxygens (including phenoxy) is 1. The summed E-state index contributed by atoms with van der Waals surface area (Å²) in [4.78, 5) is 10.6. The van der Waals surface area contributed by atoms with Crippen molar-refractivity contribution in [1.82, 2.24) is 0 Å². The van der Waals surface area contributed by atoms with Crippen LogP contribution in [0.25, 0.3) is 0 Å². The van der Waals surface area contributed by atoms with Crippen molar-refractivity contribution >= 4 is 5.69 Å². The Morgan fingerprint density at radius 3 is 2.79 bits per heavy atom. The molecule has 5 nitrogen and oxygen atoms in total. The zero-order valence-electron chi connectivity index (χ0n) is 11.2. The molecule has 1 aromatic carbocycles. The number of nitro benzene ring substituents is 1. The number of benzene rings is 1. The first kappa shape index (κ1) is 13.8. The first-order chi connectivity index (χ1) is 9.11. The molecular weight excluding hydrogens is 244 g/mol. The van der Waals surface area contributed by atoms with Crippen LogP contribution in [0.5, 0.6) is 5.75 Å². The zero-order valence-corrected chi connectivity index (χ0v) is 11.2. The van der Waals surface area contributed by atoms with Crippen molar-refractivity contribution < 1.29 is 9.66 Å². The van der Waals surface area contributed by atoms with Gasteiger partial charge in [-0.3, -0.25) is 10.1 Å². The van der Waals surface area contributed by atoms with Crippen molar-refractivity contribution in [3.63, 3.8) is 0 Å². The molecule has 0 spiro atoms. The standard InChI is InChI=1S/C14H20N2O3/c1-19-14-7-6-10(9-13(14)16(17)18)8-11-4-2-3-5-12(11)15/h6-7,9,11-12H,2-5,8,15H2,1H3. The van der Waals surface area contributed by atoms with E-state index < -0.39 is 4.92 Å². The van der Waals surface area contributed by atoms with Gasteiger partial charge in [-0.2, -0.15) is 0 Å². The molecule has 0 heterocycles. The molecule has 2 atom stereocenters. The molecular formula is C14H20N2O3. The summed E-state index contributed by atoms with van der Waals surface area (Å²) in [7, 11) is 1.44. The first-order valence-corrected chi connectivity index (χ1v) is 6.68. The molecule has 2 unspecified atom stereocenters. The summed E-state index contributed by atoms with van der Waals surface area (Å²) in [6, 6.07) is 5.39. The molecule has 1 aliphatic carbocycles. The Kier molecular flexibility index (Phi) is 4.37. The van der Waals surface area contributed by atoms with Gasteiger partial charge in [0.25, 0.3) is 0 Å². The summed E-state index contributed by atoms with van der Waals surface area (Å²) in [5, 5.41) is 11.0. The van der Waals surface area contributed by atoms with E-state index in [1.807, 2.05) is 6.07 Å². The minimum absolute atomic E-state index is 0.0318. The van der Waals surface area contributed by atoms with Gasteiger partial charge in [-0.1, -0.05) is 18.9 Å². The highest BCUT2D eigenvalue weighted by Crippen LogP contribution is 2.31. The molecule has 19 heavy (non-hydrogen) atoms. The van der Waals surface area contributed by atoms with Gasteiger partial charge in [0.15, 0.2) is 5.75 Å². The molecule has 1 aliphatic rings. The summed E-state index contributed by atoms with van der Waals surface area (Å²) in [6.07, 6.45) is 5.38. The Bertz CT molecular complexity index is 462. The normalized spacial score (nSPS) is 23.1. The number of nitro groups is 1. The Labute approximate surface area is 112 Å². The molecule has 0 aromatic heterocycles. The van der Waals surface area contributed by atoms with E-state index in [0.717, 1.165) is 24.8 Å². The second-order valence-corrected chi connectivity index (χ2v) is 5.18. The largest absolute Gasteiger partial charge is 0.490 e. The Balaban J connectivity index is 2.16. The average Bonchev–Trinajstić information content (AvgIpc) is 2.41. The average molecular weight is 264 g/mol. The Hall–Kier alpha value is -1.62. The second-order valence-electron chi connectivity index (χ2n) is 5.18. The fourth-order valence-corrected chi connectivity index (χ4v) is 2.80. The lowest BCUT2D eigenvalue weighted by Crippen LogP contribution is -2.34. The van der Waals surface area contributed by atoms with E-state index in [1.165, 1.54) is 20.0 Å². The van der Waals surface area contributed by atoms with Crippen LogP contribution in [0, 0.1) is 16.0 Å². The van der Waals surface area contributed by atoms with Crippen LogP contribution in [0.4, 0.5) is 5.69 Å². The maximum Gasteiger partial charge on any atom is 0.311 e. The smallest absolute Gasteiger partial charge is 0.311 e. The van der Waals surface area contributed by atoms with Gasteiger partial charge in [-0.25, -0.2) is 0 Å². The van der Waals surface area contributed by atoms with Crippen LogP contribution in [-0.4, -0.2) is 18.1 Å². The van der Waals surface area contributed by atoms with Gasteiger partial charge in [0.05, 0.1) is 12.0 Å². The van der Waals surface area contributed by atoms with Gasteiger partial charge in [0.2, 0.25) is 0 Å². The van der Waals surface area contributed by atoms with E-state index in [1.54, 1.807) is 12.1 Å². The highest BCUT2D eigenvalue weighted by molar-refractivity contribution is 5.48. The van der Waals surface area contributed by atoms with E-state index in [9.17, 15) is 10.1 Å². The summed E-state index contributed by atoms with van der Waals surface area (Å²) < 4.78 is 5.01. The van der Waals surface area contributed by atoms with Crippen molar-refractivity contribution in [1.29, 1.82) is 0 Å². The molecule has 0 saturated heterocycles. The SMILES string of the molecule is COc1ccc(CC2CCCCC2N)cc1[N+](=O)[O-]. The van der Waals surface area contributed by atoms with E-state index >= 15 is 0 Å². The van der Waals surface area contributed by atoms with Crippen molar-refractivity contribution in [2.45, 2.75) is 38.1 Å². The van der Waals surface area contributed by atoms with E-state index in [0.29, 0.717) is 11.7 Å². The zero-order chi connectivity index (χ0) is 13.8. The molecule has 2 rings (SSSR count). The van der Waals surface area contributed by atoms with Crippen molar-refractivity contribution in [2.24, 2.45) is 11.7 Å². The number of hydrogen-bond acceptors (Lipinski definition) is 4. The molecule has 104 valence electrons.